The number of carbonyl (C=O) groups is 3. The molecule has 0 radical (unpaired) electrons. The Morgan fingerprint density at radius 3 is 2.14 bits per heavy atom. The molecule has 0 aromatic rings. The number of rotatable bonds is 7. The molecule has 2 aliphatic carbocycles. The minimum absolute atomic E-state index is 0.0196. The third kappa shape index (κ3) is 4.63. The van der Waals surface area contributed by atoms with Crippen LogP contribution in [0.3, 0.4) is 0 Å². The van der Waals surface area contributed by atoms with E-state index in [9.17, 15) is 14.4 Å². The lowest BCUT2D eigenvalue weighted by Crippen LogP contribution is -2.35. The van der Waals surface area contributed by atoms with Gasteiger partial charge in [0.2, 0.25) is 5.91 Å². The van der Waals surface area contributed by atoms with Gasteiger partial charge in [-0.25, -0.2) is 0 Å². The first-order valence-electron chi connectivity index (χ1n) is 8.55. The lowest BCUT2D eigenvalue weighted by Gasteiger charge is -2.15. The third-order valence-corrected chi connectivity index (χ3v) is 5.10. The number of amides is 1. The van der Waals surface area contributed by atoms with Gasteiger partial charge in [-0.15, -0.1) is 0 Å². The van der Waals surface area contributed by atoms with Gasteiger partial charge in [0.05, 0.1) is 6.54 Å². The molecule has 0 aliphatic heterocycles. The van der Waals surface area contributed by atoms with Crippen molar-refractivity contribution in [3.05, 3.63) is 0 Å². The van der Waals surface area contributed by atoms with E-state index in [-0.39, 0.29) is 29.6 Å². The Morgan fingerprint density at radius 2 is 1.50 bits per heavy atom. The zero-order valence-corrected chi connectivity index (χ0v) is 13.7. The second-order valence-electron chi connectivity index (χ2n) is 6.78. The van der Waals surface area contributed by atoms with Crippen molar-refractivity contribution in [2.24, 2.45) is 11.8 Å². The van der Waals surface area contributed by atoms with E-state index < -0.39 is 0 Å². The highest BCUT2D eigenvalue weighted by Gasteiger charge is 2.32. The molecule has 0 bridgehead atoms. The molecule has 22 heavy (non-hydrogen) atoms. The molecule has 124 valence electrons. The van der Waals surface area contributed by atoms with Crippen molar-refractivity contribution in [1.82, 2.24) is 10.6 Å². The number of nitrogens with one attached hydrogen (secondary N) is 2. The molecule has 1 amide bonds. The zero-order valence-electron chi connectivity index (χ0n) is 13.7. The van der Waals surface area contributed by atoms with Crippen molar-refractivity contribution in [2.75, 3.05) is 6.54 Å². The fourth-order valence-electron chi connectivity index (χ4n) is 3.83. The van der Waals surface area contributed by atoms with Crippen LogP contribution in [0.15, 0.2) is 0 Å². The summed E-state index contributed by atoms with van der Waals surface area (Å²) in [6.07, 6.45) is 5.96. The summed E-state index contributed by atoms with van der Waals surface area (Å²) >= 11 is 0. The number of carbonyl (C=O) groups excluding carboxylic acids is 3. The molecular weight excluding hydrogens is 280 g/mol. The molecule has 2 fully saturated rings. The van der Waals surface area contributed by atoms with E-state index in [0.29, 0.717) is 24.8 Å². The predicted octanol–water partition coefficient (Wildman–Crippen LogP) is 1.60. The van der Waals surface area contributed by atoms with Gasteiger partial charge in [0.1, 0.15) is 11.6 Å². The van der Waals surface area contributed by atoms with Crippen LogP contribution < -0.4 is 10.6 Å². The lowest BCUT2D eigenvalue weighted by molar-refractivity contribution is -0.122. The van der Waals surface area contributed by atoms with Crippen LogP contribution in [-0.4, -0.2) is 36.1 Å². The summed E-state index contributed by atoms with van der Waals surface area (Å²) in [6.45, 7) is 3.83. The molecule has 0 spiro atoms. The highest BCUT2D eigenvalue weighted by Crippen LogP contribution is 2.28. The Bertz CT molecular complexity index is 436. The number of Topliss-reactive ketones (excluding diaryl/α,β-unsaturated/α-hetero) is 2. The largest absolute Gasteiger partial charge is 0.354 e. The molecule has 2 saturated carbocycles. The monoisotopic (exact) mass is 308 g/mol. The van der Waals surface area contributed by atoms with Crippen molar-refractivity contribution in [1.29, 1.82) is 0 Å². The van der Waals surface area contributed by atoms with Gasteiger partial charge in [-0.2, -0.15) is 0 Å². The first kappa shape index (κ1) is 17.1. The molecule has 4 atom stereocenters. The fraction of sp³-hybridized carbons (Fsp3) is 0.824. The molecule has 0 aromatic carbocycles. The molecule has 2 aliphatic rings. The van der Waals surface area contributed by atoms with Crippen molar-refractivity contribution < 1.29 is 14.4 Å². The molecular formula is C17H28N2O3. The second-order valence-corrected chi connectivity index (χ2v) is 6.78. The van der Waals surface area contributed by atoms with Crippen LogP contribution in [0.2, 0.25) is 0 Å². The summed E-state index contributed by atoms with van der Waals surface area (Å²) in [5.74, 6) is 0.837. The van der Waals surface area contributed by atoms with Crippen LogP contribution in [0.4, 0.5) is 0 Å². The summed E-state index contributed by atoms with van der Waals surface area (Å²) in [5.41, 5.74) is 0. The zero-order chi connectivity index (χ0) is 16.1. The van der Waals surface area contributed by atoms with E-state index in [1.165, 1.54) is 6.92 Å². The highest BCUT2D eigenvalue weighted by atomic mass is 16.1. The summed E-state index contributed by atoms with van der Waals surface area (Å²) in [4.78, 5) is 35.0. The van der Waals surface area contributed by atoms with E-state index in [1.54, 1.807) is 0 Å². The Kier molecular flexibility index (Phi) is 6.12. The van der Waals surface area contributed by atoms with Crippen LogP contribution >= 0.6 is 0 Å². The van der Waals surface area contributed by atoms with Crippen molar-refractivity contribution in [3.8, 4) is 0 Å². The molecule has 5 heteroatoms. The lowest BCUT2D eigenvalue weighted by atomic mass is 10.00. The van der Waals surface area contributed by atoms with Gasteiger partial charge in [-0.05, 0) is 38.5 Å². The molecule has 2 rings (SSSR count). The van der Waals surface area contributed by atoms with Crippen LogP contribution in [-0.2, 0) is 14.4 Å². The normalized spacial score (nSPS) is 31.2. The van der Waals surface area contributed by atoms with Gasteiger partial charge in [0.15, 0.2) is 0 Å². The van der Waals surface area contributed by atoms with Crippen molar-refractivity contribution in [3.63, 3.8) is 0 Å². The van der Waals surface area contributed by atoms with Crippen LogP contribution in [0, 0.1) is 11.8 Å². The maximum Gasteiger partial charge on any atom is 0.217 e. The molecule has 0 heterocycles. The molecule has 0 aromatic heterocycles. The minimum atomic E-state index is -0.0196. The van der Waals surface area contributed by atoms with Gasteiger partial charge in [-0.3, -0.25) is 14.4 Å². The molecule has 2 N–H and O–H groups in total. The maximum atomic E-state index is 12.3. The predicted molar refractivity (Wildman–Crippen MR) is 84.4 cm³/mol. The fourth-order valence-corrected chi connectivity index (χ4v) is 3.83. The van der Waals surface area contributed by atoms with E-state index in [2.05, 4.69) is 10.6 Å². The summed E-state index contributed by atoms with van der Waals surface area (Å²) < 4.78 is 0. The van der Waals surface area contributed by atoms with Gasteiger partial charge in [0.25, 0.3) is 0 Å². The Labute approximate surface area is 132 Å². The number of hydrogen-bond acceptors (Lipinski definition) is 4. The standard InChI is InChI=1S/C17H28N2O3/c1-3-16(21)12-4-6-14(8-12)18-10-17(22)13-5-7-15(9-13)19-11(2)20/h12-15,18H,3-10H2,1-2H3,(H,19,20). The first-order chi connectivity index (χ1) is 10.5. The van der Waals surface area contributed by atoms with Gasteiger partial charge in [-0.1, -0.05) is 6.92 Å². The van der Waals surface area contributed by atoms with Crippen LogP contribution in [0.5, 0.6) is 0 Å². The first-order valence-corrected chi connectivity index (χ1v) is 8.55. The second kappa shape index (κ2) is 7.86. The van der Waals surface area contributed by atoms with Crippen LogP contribution in [0.25, 0.3) is 0 Å². The van der Waals surface area contributed by atoms with Gasteiger partial charge in [0, 0.05) is 37.3 Å². The Morgan fingerprint density at radius 1 is 0.909 bits per heavy atom. The topological polar surface area (TPSA) is 75.3 Å². The Balaban J connectivity index is 1.68. The third-order valence-electron chi connectivity index (χ3n) is 5.10. The van der Waals surface area contributed by atoms with E-state index in [4.69, 9.17) is 0 Å². The smallest absolute Gasteiger partial charge is 0.217 e. The van der Waals surface area contributed by atoms with Crippen molar-refractivity contribution in [2.45, 2.75) is 70.9 Å². The Hall–Kier alpha value is -1.23. The summed E-state index contributed by atoms with van der Waals surface area (Å²) in [7, 11) is 0. The average Bonchev–Trinajstić information content (AvgIpc) is 3.12. The van der Waals surface area contributed by atoms with E-state index >= 15 is 0 Å². The maximum absolute atomic E-state index is 12.3. The summed E-state index contributed by atoms with van der Waals surface area (Å²) in [5, 5.41) is 6.23. The van der Waals surface area contributed by atoms with E-state index in [1.807, 2.05) is 6.92 Å². The SMILES string of the molecule is CCC(=O)C1CCC(NCC(=O)C2CCC(NC(C)=O)C2)C1. The molecule has 4 unspecified atom stereocenters. The highest BCUT2D eigenvalue weighted by molar-refractivity contribution is 5.83. The van der Waals surface area contributed by atoms with Crippen molar-refractivity contribution >= 4 is 17.5 Å². The van der Waals surface area contributed by atoms with Gasteiger partial charge < -0.3 is 10.6 Å². The average molecular weight is 308 g/mol. The quantitative estimate of drug-likeness (QED) is 0.749. The minimum Gasteiger partial charge on any atom is -0.354 e. The number of ketones is 2. The van der Waals surface area contributed by atoms with Crippen LogP contribution in [0.1, 0.15) is 58.8 Å². The van der Waals surface area contributed by atoms with E-state index in [0.717, 1.165) is 38.5 Å². The molecule has 5 nitrogen and oxygen atoms in total. The number of hydrogen-bond donors (Lipinski definition) is 2. The summed E-state index contributed by atoms with van der Waals surface area (Å²) in [6, 6.07) is 0.460. The van der Waals surface area contributed by atoms with Gasteiger partial charge >= 0.3 is 0 Å². The molecule has 0 saturated heterocycles.